The molecule has 21 heavy (non-hydrogen) atoms. The van der Waals surface area contributed by atoms with Crippen LogP contribution in [0.5, 0.6) is 5.75 Å². The Morgan fingerprint density at radius 3 is 2.71 bits per heavy atom. The molecule has 1 amide bonds. The first kappa shape index (κ1) is 17.4. The van der Waals surface area contributed by atoms with Gasteiger partial charge in [0.1, 0.15) is 5.75 Å². The van der Waals surface area contributed by atoms with Crippen LogP contribution in [-0.4, -0.2) is 36.6 Å². The number of para-hydroxylation sites is 2. The summed E-state index contributed by atoms with van der Waals surface area (Å²) in [7, 11) is 1.36. The van der Waals surface area contributed by atoms with Crippen molar-refractivity contribution in [2.45, 2.75) is 25.5 Å². The molecular formula is C15H21NO4S. The lowest BCUT2D eigenvalue weighted by Crippen LogP contribution is -2.17. The lowest BCUT2D eigenvalue weighted by atomic mass is 10.3. The van der Waals surface area contributed by atoms with Crippen molar-refractivity contribution in [2.24, 2.45) is 0 Å². The van der Waals surface area contributed by atoms with Crippen LogP contribution in [0.15, 0.2) is 24.3 Å². The molecule has 1 atom stereocenters. The van der Waals surface area contributed by atoms with Crippen molar-refractivity contribution in [2.75, 3.05) is 24.8 Å². The van der Waals surface area contributed by atoms with Gasteiger partial charge in [0.05, 0.1) is 31.6 Å². The van der Waals surface area contributed by atoms with Gasteiger partial charge in [-0.05, 0) is 19.1 Å². The highest BCUT2D eigenvalue weighted by Crippen LogP contribution is 2.24. The van der Waals surface area contributed by atoms with Gasteiger partial charge in [-0.1, -0.05) is 19.1 Å². The summed E-state index contributed by atoms with van der Waals surface area (Å²) in [6.45, 7) is 4.32. The van der Waals surface area contributed by atoms with E-state index in [1.165, 1.54) is 18.9 Å². The first-order valence-electron chi connectivity index (χ1n) is 6.76. The molecule has 116 valence electrons. The molecule has 1 aromatic carbocycles. The molecule has 0 aliphatic heterocycles. The van der Waals surface area contributed by atoms with Crippen molar-refractivity contribution in [1.29, 1.82) is 0 Å². The van der Waals surface area contributed by atoms with E-state index in [2.05, 4.69) is 10.1 Å². The topological polar surface area (TPSA) is 64.6 Å². The molecule has 0 bridgehead atoms. The van der Waals surface area contributed by atoms with Gasteiger partial charge in [0.2, 0.25) is 5.91 Å². The monoisotopic (exact) mass is 311 g/mol. The third kappa shape index (κ3) is 6.53. The summed E-state index contributed by atoms with van der Waals surface area (Å²) in [5.74, 6) is 0.542. The van der Waals surface area contributed by atoms with E-state index in [1.54, 1.807) is 6.07 Å². The Hall–Kier alpha value is -1.69. The zero-order valence-electron chi connectivity index (χ0n) is 12.5. The van der Waals surface area contributed by atoms with Crippen LogP contribution < -0.4 is 10.1 Å². The number of rotatable bonds is 8. The predicted octanol–water partition coefficient (Wildman–Crippen LogP) is 2.71. The van der Waals surface area contributed by atoms with Crippen molar-refractivity contribution >= 4 is 29.3 Å². The van der Waals surface area contributed by atoms with E-state index in [-0.39, 0.29) is 22.9 Å². The molecule has 0 radical (unpaired) electrons. The average molecular weight is 311 g/mol. The van der Waals surface area contributed by atoms with E-state index in [4.69, 9.17) is 4.74 Å². The maximum atomic E-state index is 11.9. The third-order valence-corrected chi connectivity index (χ3v) is 3.81. The quantitative estimate of drug-likeness (QED) is 0.748. The summed E-state index contributed by atoms with van der Waals surface area (Å²) in [6, 6.07) is 7.30. The second-order valence-corrected chi connectivity index (χ2v) is 5.81. The number of nitrogens with one attached hydrogen (secondary N) is 1. The highest BCUT2D eigenvalue weighted by molar-refractivity contribution is 8.00. The van der Waals surface area contributed by atoms with Crippen LogP contribution in [0.1, 0.15) is 20.3 Å². The number of benzene rings is 1. The molecule has 0 aliphatic carbocycles. The molecule has 0 saturated heterocycles. The zero-order valence-corrected chi connectivity index (χ0v) is 13.4. The summed E-state index contributed by atoms with van der Waals surface area (Å²) in [5, 5.41) is 2.85. The summed E-state index contributed by atoms with van der Waals surface area (Å²) < 4.78 is 10.0. The molecule has 1 unspecified atom stereocenters. The first-order valence-corrected chi connectivity index (χ1v) is 7.81. The van der Waals surface area contributed by atoms with Gasteiger partial charge in [-0.25, -0.2) is 0 Å². The second-order valence-electron chi connectivity index (χ2n) is 4.38. The maximum absolute atomic E-state index is 11.9. The first-order chi connectivity index (χ1) is 10.1. The number of methoxy groups -OCH3 is 1. The van der Waals surface area contributed by atoms with Gasteiger partial charge in [0, 0.05) is 5.25 Å². The molecule has 0 saturated carbocycles. The van der Waals surface area contributed by atoms with Crippen molar-refractivity contribution in [1.82, 2.24) is 0 Å². The maximum Gasteiger partial charge on any atom is 0.306 e. The van der Waals surface area contributed by atoms with Gasteiger partial charge in [-0.15, -0.1) is 11.8 Å². The number of carbonyl (C=O) groups is 2. The van der Waals surface area contributed by atoms with Gasteiger partial charge in [-0.2, -0.15) is 0 Å². The number of hydrogen-bond donors (Lipinski definition) is 1. The Morgan fingerprint density at radius 2 is 2.05 bits per heavy atom. The average Bonchev–Trinajstić information content (AvgIpc) is 2.47. The van der Waals surface area contributed by atoms with E-state index in [9.17, 15) is 9.59 Å². The summed E-state index contributed by atoms with van der Waals surface area (Å²) >= 11 is 1.41. The number of anilines is 1. The van der Waals surface area contributed by atoms with Crippen LogP contribution in [0, 0.1) is 0 Å². The Balaban J connectivity index is 2.45. The molecule has 5 nitrogen and oxygen atoms in total. The van der Waals surface area contributed by atoms with Crippen molar-refractivity contribution in [3.05, 3.63) is 24.3 Å². The van der Waals surface area contributed by atoms with E-state index >= 15 is 0 Å². The fourth-order valence-electron chi connectivity index (χ4n) is 1.63. The van der Waals surface area contributed by atoms with E-state index in [1.807, 2.05) is 32.0 Å². The normalized spacial score (nSPS) is 11.6. The Kier molecular flexibility index (Phi) is 7.68. The number of thioether (sulfide) groups is 1. The lowest BCUT2D eigenvalue weighted by molar-refractivity contribution is -0.140. The van der Waals surface area contributed by atoms with Gasteiger partial charge >= 0.3 is 5.97 Å². The molecule has 0 heterocycles. The van der Waals surface area contributed by atoms with E-state index in [0.717, 1.165) is 0 Å². The van der Waals surface area contributed by atoms with Crippen molar-refractivity contribution in [3.63, 3.8) is 0 Å². The van der Waals surface area contributed by atoms with Crippen molar-refractivity contribution < 1.29 is 19.1 Å². The molecule has 0 spiro atoms. The van der Waals surface area contributed by atoms with Crippen LogP contribution in [-0.2, 0) is 14.3 Å². The number of ether oxygens (including phenoxy) is 2. The van der Waals surface area contributed by atoms with Crippen LogP contribution in [0.25, 0.3) is 0 Å². The fraction of sp³-hybridized carbons (Fsp3) is 0.467. The minimum atomic E-state index is -0.267. The van der Waals surface area contributed by atoms with Crippen LogP contribution >= 0.6 is 11.8 Å². The molecular weight excluding hydrogens is 290 g/mol. The minimum Gasteiger partial charge on any atom is -0.492 e. The van der Waals surface area contributed by atoms with Crippen LogP contribution in [0.2, 0.25) is 0 Å². The highest BCUT2D eigenvalue weighted by Gasteiger charge is 2.13. The van der Waals surface area contributed by atoms with E-state index in [0.29, 0.717) is 24.5 Å². The van der Waals surface area contributed by atoms with Gasteiger partial charge in [0.15, 0.2) is 0 Å². The summed E-state index contributed by atoms with van der Waals surface area (Å²) in [6.07, 6.45) is 0.296. The number of esters is 1. The smallest absolute Gasteiger partial charge is 0.306 e. The molecule has 1 N–H and O–H groups in total. The molecule has 0 fully saturated rings. The van der Waals surface area contributed by atoms with Gasteiger partial charge < -0.3 is 14.8 Å². The van der Waals surface area contributed by atoms with Crippen LogP contribution in [0.3, 0.4) is 0 Å². The number of amides is 1. The van der Waals surface area contributed by atoms with Gasteiger partial charge in [-0.3, -0.25) is 9.59 Å². The minimum absolute atomic E-state index is 0.0327. The van der Waals surface area contributed by atoms with E-state index < -0.39 is 0 Å². The fourth-order valence-corrected chi connectivity index (χ4v) is 2.39. The van der Waals surface area contributed by atoms with Crippen LogP contribution in [0.4, 0.5) is 5.69 Å². The largest absolute Gasteiger partial charge is 0.492 e. The Labute approximate surface area is 129 Å². The molecule has 1 rings (SSSR count). The zero-order chi connectivity index (χ0) is 15.7. The molecule has 0 aromatic heterocycles. The number of carbonyl (C=O) groups excluding carboxylic acids is 2. The number of hydrogen-bond acceptors (Lipinski definition) is 5. The Morgan fingerprint density at radius 1 is 1.33 bits per heavy atom. The predicted molar refractivity (Wildman–Crippen MR) is 84.8 cm³/mol. The molecule has 0 aliphatic rings. The molecule has 1 aromatic rings. The SMILES string of the molecule is CCOc1ccccc1NC(=O)CSC(C)CC(=O)OC. The standard InChI is InChI=1S/C15H21NO4S/c1-4-20-13-8-6-5-7-12(13)16-14(17)10-21-11(2)9-15(18)19-3/h5-8,11H,4,9-10H2,1-3H3,(H,16,17). The molecule has 6 heteroatoms. The van der Waals surface area contributed by atoms with Crippen molar-refractivity contribution in [3.8, 4) is 5.75 Å². The Bertz CT molecular complexity index is 478. The second kappa shape index (κ2) is 9.28. The summed E-state index contributed by atoms with van der Waals surface area (Å²) in [5.41, 5.74) is 0.658. The summed E-state index contributed by atoms with van der Waals surface area (Å²) in [4.78, 5) is 23.0. The third-order valence-electron chi connectivity index (χ3n) is 2.64. The van der Waals surface area contributed by atoms with Gasteiger partial charge in [0.25, 0.3) is 0 Å². The lowest BCUT2D eigenvalue weighted by Gasteiger charge is -2.12. The highest BCUT2D eigenvalue weighted by atomic mass is 32.2.